The van der Waals surface area contributed by atoms with Crippen LogP contribution in [0.15, 0.2) is 27.5 Å². The summed E-state index contributed by atoms with van der Waals surface area (Å²) in [5.74, 6) is 0.626. The summed E-state index contributed by atoms with van der Waals surface area (Å²) in [7, 11) is 0. The monoisotopic (exact) mass is 334 g/mol. The third kappa shape index (κ3) is 2.85. The molecule has 0 aliphatic heterocycles. The summed E-state index contributed by atoms with van der Waals surface area (Å²) >= 11 is 3.35. The average molecular weight is 335 g/mol. The van der Waals surface area contributed by atoms with E-state index in [9.17, 15) is 4.79 Å². The standard InChI is InChI=1S/C16H19BrN2O/c1-9-6-7-11(10(2)8-9)14-18-13(16(3,4)5)12(17)15(20)19-14/h6-8H,1-5H3,(H,18,19,20). The van der Waals surface area contributed by atoms with Gasteiger partial charge in [-0.1, -0.05) is 44.5 Å². The van der Waals surface area contributed by atoms with Gasteiger partial charge in [0, 0.05) is 11.0 Å². The number of H-pyrrole nitrogens is 1. The van der Waals surface area contributed by atoms with Crippen molar-refractivity contribution >= 4 is 15.9 Å². The van der Waals surface area contributed by atoms with Crippen LogP contribution in [0.5, 0.6) is 0 Å². The van der Waals surface area contributed by atoms with E-state index in [-0.39, 0.29) is 11.0 Å². The molecule has 1 N–H and O–H groups in total. The second kappa shape index (κ2) is 5.17. The molecule has 0 radical (unpaired) electrons. The molecule has 0 saturated carbocycles. The van der Waals surface area contributed by atoms with Crippen LogP contribution in [0, 0.1) is 13.8 Å². The molecule has 1 aromatic carbocycles. The first-order valence-electron chi connectivity index (χ1n) is 6.58. The summed E-state index contributed by atoms with van der Waals surface area (Å²) in [5.41, 5.74) is 3.71. The first kappa shape index (κ1) is 15.0. The Labute approximate surface area is 127 Å². The van der Waals surface area contributed by atoms with E-state index in [0.29, 0.717) is 10.3 Å². The number of aromatic nitrogens is 2. The Hall–Kier alpha value is -1.42. The zero-order valence-electron chi connectivity index (χ0n) is 12.5. The van der Waals surface area contributed by atoms with Crippen molar-refractivity contribution in [2.45, 2.75) is 40.0 Å². The quantitative estimate of drug-likeness (QED) is 0.852. The highest BCUT2D eigenvalue weighted by Gasteiger charge is 2.22. The van der Waals surface area contributed by atoms with Crippen LogP contribution in [-0.4, -0.2) is 9.97 Å². The molecule has 1 heterocycles. The third-order valence-corrected chi connectivity index (χ3v) is 3.95. The van der Waals surface area contributed by atoms with E-state index < -0.39 is 0 Å². The molecule has 0 saturated heterocycles. The number of rotatable bonds is 1. The maximum absolute atomic E-state index is 12.1. The van der Waals surface area contributed by atoms with Crippen molar-refractivity contribution in [3.63, 3.8) is 0 Å². The normalized spacial score (nSPS) is 11.7. The molecule has 20 heavy (non-hydrogen) atoms. The molecule has 2 rings (SSSR count). The summed E-state index contributed by atoms with van der Waals surface area (Å²) in [5, 5.41) is 0. The van der Waals surface area contributed by atoms with E-state index in [1.165, 1.54) is 5.56 Å². The van der Waals surface area contributed by atoms with Crippen LogP contribution in [0.25, 0.3) is 11.4 Å². The number of nitrogens with one attached hydrogen (secondary N) is 1. The predicted molar refractivity (Wildman–Crippen MR) is 86.2 cm³/mol. The van der Waals surface area contributed by atoms with Gasteiger partial charge in [0.1, 0.15) is 10.3 Å². The van der Waals surface area contributed by atoms with E-state index >= 15 is 0 Å². The van der Waals surface area contributed by atoms with Gasteiger partial charge < -0.3 is 4.98 Å². The summed E-state index contributed by atoms with van der Waals surface area (Å²) in [6, 6.07) is 6.12. The number of halogens is 1. The number of aryl methyl sites for hydroxylation is 2. The van der Waals surface area contributed by atoms with Crippen LogP contribution >= 0.6 is 15.9 Å². The molecule has 0 fully saturated rings. The van der Waals surface area contributed by atoms with Gasteiger partial charge in [0.05, 0.1) is 5.69 Å². The lowest BCUT2D eigenvalue weighted by molar-refractivity contribution is 0.562. The third-order valence-electron chi connectivity index (χ3n) is 3.21. The highest BCUT2D eigenvalue weighted by molar-refractivity contribution is 9.10. The molecular formula is C16H19BrN2O. The van der Waals surface area contributed by atoms with E-state index in [4.69, 9.17) is 0 Å². The molecule has 3 nitrogen and oxygen atoms in total. The van der Waals surface area contributed by atoms with E-state index in [1.807, 2.05) is 39.8 Å². The molecule has 0 spiro atoms. The first-order chi connectivity index (χ1) is 9.20. The van der Waals surface area contributed by atoms with Crippen molar-refractivity contribution in [2.24, 2.45) is 0 Å². The topological polar surface area (TPSA) is 45.8 Å². The summed E-state index contributed by atoms with van der Waals surface area (Å²) in [6.07, 6.45) is 0. The summed E-state index contributed by atoms with van der Waals surface area (Å²) in [6.45, 7) is 10.2. The largest absolute Gasteiger partial charge is 0.306 e. The van der Waals surface area contributed by atoms with Crippen LogP contribution in [-0.2, 0) is 5.41 Å². The van der Waals surface area contributed by atoms with Gasteiger partial charge in [0.2, 0.25) is 0 Å². The Morgan fingerprint density at radius 1 is 1.20 bits per heavy atom. The number of nitrogens with zero attached hydrogens (tertiary/aromatic N) is 1. The zero-order valence-corrected chi connectivity index (χ0v) is 14.1. The number of hydrogen-bond donors (Lipinski definition) is 1. The molecule has 0 bridgehead atoms. The number of aromatic amines is 1. The Morgan fingerprint density at radius 2 is 1.85 bits per heavy atom. The van der Waals surface area contributed by atoms with E-state index in [2.05, 4.69) is 38.9 Å². The molecule has 106 valence electrons. The molecule has 0 aliphatic rings. The lowest BCUT2D eigenvalue weighted by Crippen LogP contribution is -2.22. The highest BCUT2D eigenvalue weighted by atomic mass is 79.9. The van der Waals surface area contributed by atoms with Gasteiger partial charge in [0.25, 0.3) is 5.56 Å². The van der Waals surface area contributed by atoms with Crippen molar-refractivity contribution in [3.05, 3.63) is 49.8 Å². The maximum Gasteiger partial charge on any atom is 0.265 e. The molecule has 0 amide bonds. The predicted octanol–water partition coefficient (Wildman–Crippen LogP) is 4.11. The van der Waals surface area contributed by atoms with Crippen LogP contribution < -0.4 is 5.56 Å². The summed E-state index contributed by atoms with van der Waals surface area (Å²) in [4.78, 5) is 19.6. The molecule has 4 heteroatoms. The van der Waals surface area contributed by atoms with Crippen LogP contribution in [0.2, 0.25) is 0 Å². The smallest absolute Gasteiger partial charge is 0.265 e. The summed E-state index contributed by atoms with van der Waals surface area (Å²) < 4.78 is 0.513. The second-order valence-corrected chi connectivity index (χ2v) is 6.94. The van der Waals surface area contributed by atoms with Gasteiger partial charge in [0.15, 0.2) is 0 Å². The van der Waals surface area contributed by atoms with Gasteiger partial charge in [-0.2, -0.15) is 0 Å². The Kier molecular flexibility index (Phi) is 3.87. The van der Waals surface area contributed by atoms with Crippen molar-refractivity contribution in [2.75, 3.05) is 0 Å². The first-order valence-corrected chi connectivity index (χ1v) is 7.37. The minimum Gasteiger partial charge on any atom is -0.306 e. The Morgan fingerprint density at radius 3 is 2.40 bits per heavy atom. The van der Waals surface area contributed by atoms with Crippen molar-refractivity contribution < 1.29 is 0 Å². The molecule has 0 aliphatic carbocycles. The SMILES string of the molecule is Cc1ccc(-c2nc(C(C)(C)C)c(Br)c(=O)[nH]2)c(C)c1. The number of benzene rings is 1. The van der Waals surface area contributed by atoms with Crippen molar-refractivity contribution in [1.82, 2.24) is 9.97 Å². The van der Waals surface area contributed by atoms with Gasteiger partial charge >= 0.3 is 0 Å². The molecule has 2 aromatic rings. The lowest BCUT2D eigenvalue weighted by Gasteiger charge is -2.20. The zero-order chi connectivity index (χ0) is 15.1. The molecule has 1 aromatic heterocycles. The van der Waals surface area contributed by atoms with Gasteiger partial charge in [-0.05, 0) is 35.3 Å². The van der Waals surface area contributed by atoms with Crippen LogP contribution in [0.3, 0.4) is 0 Å². The van der Waals surface area contributed by atoms with Gasteiger partial charge in [-0.25, -0.2) is 4.98 Å². The highest BCUT2D eigenvalue weighted by Crippen LogP contribution is 2.28. The van der Waals surface area contributed by atoms with Crippen molar-refractivity contribution in [3.8, 4) is 11.4 Å². The molecule has 0 atom stereocenters. The Balaban J connectivity index is 2.70. The fourth-order valence-corrected chi connectivity index (χ4v) is 2.95. The maximum atomic E-state index is 12.1. The number of hydrogen-bond acceptors (Lipinski definition) is 2. The molecule has 0 unspecified atom stereocenters. The van der Waals surface area contributed by atoms with Crippen LogP contribution in [0.4, 0.5) is 0 Å². The average Bonchev–Trinajstić information content (AvgIpc) is 2.31. The van der Waals surface area contributed by atoms with E-state index in [0.717, 1.165) is 16.8 Å². The van der Waals surface area contributed by atoms with Crippen LogP contribution in [0.1, 0.15) is 37.6 Å². The minimum absolute atomic E-state index is 0.139. The fourth-order valence-electron chi connectivity index (χ4n) is 2.16. The molecular weight excluding hydrogens is 316 g/mol. The Bertz CT molecular complexity index is 711. The fraction of sp³-hybridized carbons (Fsp3) is 0.375. The lowest BCUT2D eigenvalue weighted by atomic mass is 9.92. The van der Waals surface area contributed by atoms with Gasteiger partial charge in [-0.15, -0.1) is 0 Å². The minimum atomic E-state index is -0.194. The van der Waals surface area contributed by atoms with Gasteiger partial charge in [-0.3, -0.25) is 4.79 Å². The van der Waals surface area contributed by atoms with E-state index in [1.54, 1.807) is 0 Å². The second-order valence-electron chi connectivity index (χ2n) is 6.15. The van der Waals surface area contributed by atoms with Crippen molar-refractivity contribution in [1.29, 1.82) is 0 Å².